The first-order chi connectivity index (χ1) is 12.9. The first-order valence-corrected chi connectivity index (χ1v) is 10.0. The minimum Gasteiger partial charge on any atom is -0.488 e. The normalized spacial score (nSPS) is 11.1. The summed E-state index contributed by atoms with van der Waals surface area (Å²) in [6, 6.07) is 16.8. The lowest BCUT2D eigenvalue weighted by molar-refractivity contribution is 0.304. The molecule has 0 bridgehead atoms. The second kappa shape index (κ2) is 9.11. The molecule has 0 aliphatic carbocycles. The van der Waals surface area contributed by atoms with Gasteiger partial charge in [-0.25, -0.2) is 0 Å². The average Bonchev–Trinajstić information content (AvgIpc) is 2.63. The van der Waals surface area contributed by atoms with E-state index in [0.717, 1.165) is 32.6 Å². The predicted molar refractivity (Wildman–Crippen MR) is 118 cm³/mol. The summed E-state index contributed by atoms with van der Waals surface area (Å²) >= 11 is 21.7. The molecule has 0 heterocycles. The number of hydrogen-bond acceptors (Lipinski definition) is 2. The highest BCUT2D eigenvalue weighted by molar-refractivity contribution is 9.10. The third kappa shape index (κ3) is 5.49. The van der Waals surface area contributed by atoms with E-state index in [2.05, 4.69) is 20.9 Å². The van der Waals surface area contributed by atoms with Gasteiger partial charge >= 0.3 is 0 Å². The average molecular weight is 484 g/mol. The fourth-order valence-corrected chi connectivity index (χ4v) is 3.51. The Morgan fingerprint density at radius 1 is 0.963 bits per heavy atom. The van der Waals surface area contributed by atoms with Crippen LogP contribution in [0.1, 0.15) is 16.7 Å². The molecular weight excluding hydrogens is 468 g/mol. The fraction of sp³-hybridized carbons (Fsp3) is 0.0952. The third-order valence-corrected chi connectivity index (χ3v) is 5.32. The molecule has 0 N–H and O–H groups in total. The molecule has 0 saturated heterocycles. The summed E-state index contributed by atoms with van der Waals surface area (Å²) in [6.45, 7) is 2.35. The van der Waals surface area contributed by atoms with Crippen molar-refractivity contribution in [2.24, 2.45) is 4.99 Å². The molecule has 0 saturated carbocycles. The van der Waals surface area contributed by atoms with Gasteiger partial charge in [0.1, 0.15) is 12.4 Å². The molecule has 0 radical (unpaired) electrons. The number of halogens is 4. The number of aliphatic imine (C=N–C) groups is 1. The first kappa shape index (κ1) is 20.2. The number of rotatable bonds is 5. The molecule has 27 heavy (non-hydrogen) atoms. The van der Waals surface area contributed by atoms with Gasteiger partial charge in [-0.05, 0) is 76.4 Å². The fourth-order valence-electron chi connectivity index (χ4n) is 2.37. The van der Waals surface area contributed by atoms with E-state index in [9.17, 15) is 0 Å². The molecule has 0 unspecified atom stereocenters. The van der Waals surface area contributed by atoms with Gasteiger partial charge in [-0.1, -0.05) is 46.9 Å². The monoisotopic (exact) mass is 481 g/mol. The van der Waals surface area contributed by atoms with Crippen LogP contribution in [-0.4, -0.2) is 6.21 Å². The molecule has 6 heteroatoms. The second-order valence-electron chi connectivity index (χ2n) is 5.90. The van der Waals surface area contributed by atoms with Gasteiger partial charge in [0.2, 0.25) is 0 Å². The van der Waals surface area contributed by atoms with E-state index in [-0.39, 0.29) is 0 Å². The standard InChI is InChI=1S/C21H15BrCl3NO/c1-13-2-5-17(24)10-20(13)26-11-14-3-7-21(18(22)8-14)27-12-15-4-6-16(23)9-19(15)25/h2-11H,12H2,1H3. The number of aryl methyl sites for hydroxylation is 1. The molecule has 3 rings (SSSR count). The highest BCUT2D eigenvalue weighted by Crippen LogP contribution is 2.29. The lowest BCUT2D eigenvalue weighted by atomic mass is 10.2. The van der Waals surface area contributed by atoms with Gasteiger partial charge in [-0.3, -0.25) is 4.99 Å². The zero-order chi connectivity index (χ0) is 19.4. The lowest BCUT2D eigenvalue weighted by Crippen LogP contribution is -1.97. The van der Waals surface area contributed by atoms with Crippen LogP contribution in [0.25, 0.3) is 0 Å². The van der Waals surface area contributed by atoms with Gasteiger partial charge in [-0.15, -0.1) is 0 Å². The quantitative estimate of drug-likeness (QED) is 0.337. The summed E-state index contributed by atoms with van der Waals surface area (Å²) in [5, 5.41) is 1.85. The molecule has 0 amide bonds. The van der Waals surface area contributed by atoms with Crippen LogP contribution < -0.4 is 4.74 Å². The van der Waals surface area contributed by atoms with Crippen LogP contribution in [0.3, 0.4) is 0 Å². The molecular formula is C21H15BrCl3NO. The first-order valence-electron chi connectivity index (χ1n) is 8.09. The van der Waals surface area contributed by atoms with Crippen molar-refractivity contribution in [2.45, 2.75) is 13.5 Å². The molecule has 0 aliphatic rings. The van der Waals surface area contributed by atoms with Crippen LogP contribution in [0.2, 0.25) is 15.1 Å². The third-order valence-electron chi connectivity index (χ3n) is 3.88. The minimum absolute atomic E-state index is 0.351. The maximum absolute atomic E-state index is 6.18. The summed E-state index contributed by atoms with van der Waals surface area (Å²) in [6.07, 6.45) is 1.79. The highest BCUT2D eigenvalue weighted by atomic mass is 79.9. The van der Waals surface area contributed by atoms with E-state index in [0.29, 0.717) is 21.7 Å². The highest BCUT2D eigenvalue weighted by Gasteiger charge is 2.06. The Labute approximate surface area is 181 Å². The van der Waals surface area contributed by atoms with Gasteiger partial charge in [-0.2, -0.15) is 0 Å². The summed E-state index contributed by atoms with van der Waals surface area (Å²) in [4.78, 5) is 4.52. The summed E-state index contributed by atoms with van der Waals surface area (Å²) in [5.74, 6) is 0.720. The molecule has 0 aromatic heterocycles. The molecule has 2 nitrogen and oxygen atoms in total. The van der Waals surface area contributed by atoms with E-state index >= 15 is 0 Å². The molecule has 138 valence electrons. The Kier molecular flexibility index (Phi) is 6.83. The van der Waals surface area contributed by atoms with Crippen molar-refractivity contribution in [3.8, 4) is 5.75 Å². The lowest BCUT2D eigenvalue weighted by Gasteiger charge is -2.10. The van der Waals surface area contributed by atoms with Crippen molar-refractivity contribution in [2.75, 3.05) is 0 Å². The summed E-state index contributed by atoms with van der Waals surface area (Å²) < 4.78 is 6.69. The van der Waals surface area contributed by atoms with Crippen LogP contribution in [-0.2, 0) is 6.61 Å². The molecule has 0 fully saturated rings. The molecule has 3 aromatic rings. The van der Waals surface area contributed by atoms with Crippen molar-refractivity contribution < 1.29 is 4.74 Å². The van der Waals surface area contributed by atoms with Gasteiger partial charge in [0.25, 0.3) is 0 Å². The Morgan fingerprint density at radius 2 is 1.70 bits per heavy atom. The predicted octanol–water partition coefficient (Wildman–Crippen LogP) is 8.05. The van der Waals surface area contributed by atoms with Gasteiger partial charge in [0, 0.05) is 26.8 Å². The number of ether oxygens (including phenoxy) is 1. The zero-order valence-corrected chi connectivity index (χ0v) is 18.2. The number of hydrogen-bond donors (Lipinski definition) is 0. The van der Waals surface area contributed by atoms with Crippen LogP contribution in [0.5, 0.6) is 5.75 Å². The van der Waals surface area contributed by atoms with Crippen molar-refractivity contribution in [1.82, 2.24) is 0 Å². The van der Waals surface area contributed by atoms with E-state index < -0.39 is 0 Å². The van der Waals surface area contributed by atoms with E-state index in [1.165, 1.54) is 0 Å². The van der Waals surface area contributed by atoms with Crippen LogP contribution >= 0.6 is 50.7 Å². The van der Waals surface area contributed by atoms with Crippen molar-refractivity contribution in [3.05, 3.63) is 90.8 Å². The summed E-state index contributed by atoms with van der Waals surface area (Å²) in [7, 11) is 0. The van der Waals surface area contributed by atoms with Crippen LogP contribution in [0.4, 0.5) is 5.69 Å². The van der Waals surface area contributed by atoms with Crippen LogP contribution in [0.15, 0.2) is 64.1 Å². The SMILES string of the molecule is Cc1ccc(Cl)cc1N=Cc1ccc(OCc2ccc(Cl)cc2Cl)c(Br)c1. The number of nitrogens with zero attached hydrogens (tertiary/aromatic N) is 1. The topological polar surface area (TPSA) is 21.6 Å². The minimum atomic E-state index is 0.351. The Bertz CT molecular complexity index is 1000. The Balaban J connectivity index is 1.71. The van der Waals surface area contributed by atoms with Crippen molar-refractivity contribution in [1.29, 1.82) is 0 Å². The Hall–Kier alpha value is -1.52. The maximum Gasteiger partial charge on any atom is 0.134 e. The van der Waals surface area contributed by atoms with Crippen LogP contribution in [0, 0.1) is 6.92 Å². The van der Waals surface area contributed by atoms with Crippen molar-refractivity contribution >= 4 is 62.6 Å². The summed E-state index contributed by atoms with van der Waals surface area (Å²) in [5.41, 5.74) is 3.72. The smallest absolute Gasteiger partial charge is 0.134 e. The molecule has 3 aromatic carbocycles. The van der Waals surface area contributed by atoms with E-state index in [4.69, 9.17) is 39.5 Å². The molecule has 0 atom stereocenters. The zero-order valence-electron chi connectivity index (χ0n) is 14.3. The second-order valence-corrected chi connectivity index (χ2v) is 8.04. The van der Waals surface area contributed by atoms with E-state index in [1.54, 1.807) is 18.3 Å². The molecule has 0 aliphatic heterocycles. The largest absolute Gasteiger partial charge is 0.488 e. The van der Waals surface area contributed by atoms with E-state index in [1.807, 2.05) is 49.4 Å². The van der Waals surface area contributed by atoms with Gasteiger partial charge < -0.3 is 4.74 Å². The van der Waals surface area contributed by atoms with Gasteiger partial charge in [0.05, 0.1) is 10.2 Å². The van der Waals surface area contributed by atoms with Gasteiger partial charge in [0.15, 0.2) is 0 Å². The van der Waals surface area contributed by atoms with Crippen molar-refractivity contribution in [3.63, 3.8) is 0 Å². The maximum atomic E-state index is 6.18. The Morgan fingerprint density at radius 3 is 2.44 bits per heavy atom. The number of benzene rings is 3. The molecule has 0 spiro atoms.